The third kappa shape index (κ3) is 10.5. The molecule has 0 amide bonds. The molecule has 0 aromatic heterocycles. The molecule has 14 heavy (non-hydrogen) atoms. The van der Waals surface area contributed by atoms with Gasteiger partial charge in [-0.3, -0.25) is 0 Å². The summed E-state index contributed by atoms with van der Waals surface area (Å²) in [6.07, 6.45) is 0. The van der Waals surface area contributed by atoms with Gasteiger partial charge in [0.2, 0.25) is 0 Å². The van der Waals surface area contributed by atoms with Crippen LogP contribution in [0.4, 0.5) is 13.2 Å². The Bertz CT molecular complexity index is 141. The van der Waals surface area contributed by atoms with Gasteiger partial charge in [-0.2, -0.15) is 24.9 Å². The van der Waals surface area contributed by atoms with Gasteiger partial charge < -0.3 is 5.32 Å². The highest BCUT2D eigenvalue weighted by molar-refractivity contribution is 8.00. The Morgan fingerprint density at radius 1 is 1.36 bits per heavy atom. The SMILES string of the molecule is CCSCC(C)NCCSC(F)(F)F. The van der Waals surface area contributed by atoms with E-state index in [4.69, 9.17) is 0 Å². The molecule has 0 bridgehead atoms. The van der Waals surface area contributed by atoms with Crippen molar-refractivity contribution in [1.82, 2.24) is 5.32 Å². The molecule has 0 aromatic rings. The zero-order chi connectivity index (χ0) is 11.0. The average Bonchev–Trinajstić information content (AvgIpc) is 2.07. The molecule has 0 aliphatic carbocycles. The topological polar surface area (TPSA) is 12.0 Å². The van der Waals surface area contributed by atoms with E-state index in [9.17, 15) is 13.2 Å². The second-order valence-electron chi connectivity index (χ2n) is 2.81. The minimum atomic E-state index is -4.09. The molecule has 0 aliphatic heterocycles. The number of nitrogens with one attached hydrogen (secondary N) is 1. The van der Waals surface area contributed by atoms with Gasteiger partial charge in [-0.15, -0.1) is 0 Å². The quantitative estimate of drug-likeness (QED) is 0.695. The monoisotopic (exact) mass is 247 g/mol. The van der Waals surface area contributed by atoms with Crippen LogP contribution in [0.2, 0.25) is 0 Å². The second-order valence-corrected chi connectivity index (χ2v) is 5.29. The van der Waals surface area contributed by atoms with E-state index in [-0.39, 0.29) is 23.6 Å². The first kappa shape index (κ1) is 14.5. The first-order valence-electron chi connectivity index (χ1n) is 4.47. The van der Waals surface area contributed by atoms with Crippen LogP contribution in [0.25, 0.3) is 0 Å². The van der Waals surface area contributed by atoms with Gasteiger partial charge in [-0.1, -0.05) is 6.92 Å². The zero-order valence-electron chi connectivity index (χ0n) is 8.36. The van der Waals surface area contributed by atoms with Gasteiger partial charge in [0, 0.05) is 24.1 Å². The molecule has 0 heterocycles. The summed E-state index contributed by atoms with van der Waals surface area (Å²) in [5.41, 5.74) is -4.09. The number of thioether (sulfide) groups is 2. The number of hydrogen-bond acceptors (Lipinski definition) is 3. The molecule has 0 aromatic carbocycles. The maximum Gasteiger partial charge on any atom is 0.441 e. The van der Waals surface area contributed by atoms with Gasteiger partial charge in [0.25, 0.3) is 0 Å². The lowest BCUT2D eigenvalue weighted by molar-refractivity contribution is -0.0327. The van der Waals surface area contributed by atoms with Crippen molar-refractivity contribution in [2.24, 2.45) is 0 Å². The summed E-state index contributed by atoms with van der Waals surface area (Å²) in [5.74, 6) is 2.08. The van der Waals surface area contributed by atoms with E-state index < -0.39 is 5.51 Å². The second kappa shape index (κ2) is 7.70. The summed E-state index contributed by atoms with van der Waals surface area (Å²) in [5, 5.41) is 3.05. The van der Waals surface area contributed by atoms with E-state index in [1.54, 1.807) is 11.8 Å². The standard InChI is InChI=1S/C8H16F3NS2/c1-3-13-6-7(2)12-4-5-14-8(9,10)11/h7,12H,3-6H2,1-2H3. The fourth-order valence-electron chi connectivity index (χ4n) is 0.826. The van der Waals surface area contributed by atoms with Crippen LogP contribution >= 0.6 is 23.5 Å². The van der Waals surface area contributed by atoms with Gasteiger partial charge in [0.1, 0.15) is 0 Å². The zero-order valence-corrected chi connectivity index (χ0v) is 9.99. The number of alkyl halides is 3. The molecule has 1 unspecified atom stereocenters. The van der Waals surface area contributed by atoms with Gasteiger partial charge in [0.15, 0.2) is 0 Å². The Kier molecular flexibility index (Phi) is 7.95. The molecule has 0 saturated heterocycles. The Balaban J connectivity index is 3.27. The molecule has 0 fully saturated rings. The van der Waals surface area contributed by atoms with Crippen LogP contribution in [0.3, 0.4) is 0 Å². The lowest BCUT2D eigenvalue weighted by atomic mass is 10.4. The smallest absolute Gasteiger partial charge is 0.313 e. The molecule has 0 aliphatic rings. The predicted molar refractivity (Wildman–Crippen MR) is 59.0 cm³/mol. The lowest BCUT2D eigenvalue weighted by Gasteiger charge is -2.13. The van der Waals surface area contributed by atoms with Crippen molar-refractivity contribution in [2.75, 3.05) is 23.8 Å². The van der Waals surface area contributed by atoms with E-state index >= 15 is 0 Å². The van der Waals surface area contributed by atoms with Gasteiger partial charge in [-0.05, 0) is 24.4 Å². The largest absolute Gasteiger partial charge is 0.441 e. The Hall–Kier alpha value is 0.450. The number of rotatable bonds is 7. The highest BCUT2D eigenvalue weighted by Gasteiger charge is 2.27. The van der Waals surface area contributed by atoms with Crippen molar-refractivity contribution >= 4 is 23.5 Å². The molecular weight excluding hydrogens is 231 g/mol. The van der Waals surface area contributed by atoms with Crippen LogP contribution in [-0.4, -0.2) is 35.4 Å². The first-order valence-corrected chi connectivity index (χ1v) is 6.61. The van der Waals surface area contributed by atoms with Gasteiger partial charge >= 0.3 is 5.51 Å². The summed E-state index contributed by atoms with van der Waals surface area (Å²) in [6.45, 7) is 4.47. The van der Waals surface area contributed by atoms with Crippen molar-refractivity contribution in [1.29, 1.82) is 0 Å². The molecule has 0 saturated carbocycles. The molecule has 1 nitrogen and oxygen atoms in total. The maximum atomic E-state index is 11.7. The van der Waals surface area contributed by atoms with Crippen LogP contribution < -0.4 is 5.32 Å². The third-order valence-corrected chi connectivity index (χ3v) is 3.31. The fourth-order valence-corrected chi connectivity index (χ4v) is 1.98. The van der Waals surface area contributed by atoms with Crippen LogP contribution in [-0.2, 0) is 0 Å². The van der Waals surface area contributed by atoms with Crippen molar-refractivity contribution in [3.8, 4) is 0 Å². The first-order chi connectivity index (χ1) is 6.45. The van der Waals surface area contributed by atoms with Gasteiger partial charge in [-0.25, -0.2) is 0 Å². The minimum absolute atomic E-state index is 0.0301. The molecule has 0 radical (unpaired) electrons. The number of hydrogen-bond donors (Lipinski definition) is 1. The summed E-state index contributed by atoms with van der Waals surface area (Å²) in [4.78, 5) is 0. The van der Waals surface area contributed by atoms with Crippen LogP contribution in [0.1, 0.15) is 13.8 Å². The Labute approximate surface area is 91.6 Å². The third-order valence-electron chi connectivity index (χ3n) is 1.43. The van der Waals surface area contributed by atoms with Crippen LogP contribution in [0.15, 0.2) is 0 Å². The summed E-state index contributed by atoms with van der Waals surface area (Å²) in [7, 11) is 0. The Morgan fingerprint density at radius 3 is 2.50 bits per heavy atom. The summed E-state index contributed by atoms with van der Waals surface area (Å²) < 4.78 is 35.1. The van der Waals surface area contributed by atoms with E-state index in [1.807, 2.05) is 6.92 Å². The van der Waals surface area contributed by atoms with Crippen molar-refractivity contribution in [3.63, 3.8) is 0 Å². The molecular formula is C8H16F3NS2. The highest BCUT2D eigenvalue weighted by atomic mass is 32.2. The average molecular weight is 247 g/mol. The predicted octanol–water partition coefficient (Wildman–Crippen LogP) is 2.97. The van der Waals surface area contributed by atoms with E-state index in [0.29, 0.717) is 6.54 Å². The Morgan fingerprint density at radius 2 is 2.00 bits per heavy atom. The molecule has 6 heteroatoms. The molecule has 0 spiro atoms. The minimum Gasteiger partial charge on any atom is -0.313 e. The van der Waals surface area contributed by atoms with Crippen LogP contribution in [0.5, 0.6) is 0 Å². The van der Waals surface area contributed by atoms with Crippen molar-refractivity contribution in [3.05, 3.63) is 0 Å². The normalized spacial score (nSPS) is 14.4. The van der Waals surface area contributed by atoms with Gasteiger partial charge in [0.05, 0.1) is 0 Å². The fraction of sp³-hybridized carbons (Fsp3) is 1.00. The van der Waals surface area contributed by atoms with E-state index in [1.165, 1.54) is 0 Å². The molecule has 1 atom stereocenters. The summed E-state index contributed by atoms with van der Waals surface area (Å²) >= 11 is 1.82. The van der Waals surface area contributed by atoms with Crippen LogP contribution in [0, 0.1) is 0 Å². The lowest BCUT2D eigenvalue weighted by Crippen LogP contribution is -2.30. The highest BCUT2D eigenvalue weighted by Crippen LogP contribution is 2.29. The van der Waals surface area contributed by atoms with Crippen molar-refractivity contribution < 1.29 is 13.2 Å². The molecule has 86 valence electrons. The molecule has 0 rings (SSSR count). The maximum absolute atomic E-state index is 11.7. The summed E-state index contributed by atoms with van der Waals surface area (Å²) in [6, 6.07) is 0.286. The van der Waals surface area contributed by atoms with Crippen molar-refractivity contribution in [2.45, 2.75) is 25.4 Å². The molecule has 1 N–H and O–H groups in total. The number of halogens is 3. The van der Waals surface area contributed by atoms with E-state index in [0.717, 1.165) is 11.5 Å². The van der Waals surface area contributed by atoms with E-state index in [2.05, 4.69) is 12.2 Å².